The predicted molar refractivity (Wildman–Crippen MR) is 120 cm³/mol. The van der Waals surface area contributed by atoms with Crippen molar-refractivity contribution in [3.63, 3.8) is 0 Å². The maximum atomic E-state index is 6.09. The monoisotopic (exact) mass is 422 g/mol. The van der Waals surface area contributed by atoms with Crippen molar-refractivity contribution in [3.05, 3.63) is 72.8 Å². The molecule has 0 aliphatic heterocycles. The summed E-state index contributed by atoms with van der Waals surface area (Å²) in [7, 11) is -1.12. The molecule has 6 nitrogen and oxygen atoms in total. The molecular weight excluding hydrogens is 395 g/mol. The van der Waals surface area contributed by atoms with Crippen molar-refractivity contribution in [3.8, 4) is 34.5 Å². The van der Waals surface area contributed by atoms with Gasteiger partial charge < -0.3 is 28.2 Å². The molecule has 162 valence electrons. The molecule has 3 aromatic carbocycles. The lowest BCUT2D eigenvalue weighted by Crippen LogP contribution is -2.37. The molecule has 0 N–H and O–H groups in total. The van der Waals surface area contributed by atoms with E-state index in [0.717, 1.165) is 0 Å². The number of rotatable bonds is 12. The third kappa shape index (κ3) is 6.25. The molecule has 0 aliphatic rings. The fourth-order valence-electron chi connectivity index (χ4n) is 2.85. The van der Waals surface area contributed by atoms with Crippen molar-refractivity contribution < 1.29 is 28.2 Å². The van der Waals surface area contributed by atoms with Gasteiger partial charge in [-0.1, -0.05) is 36.4 Å². The molecule has 31 heavy (non-hydrogen) atoms. The highest BCUT2D eigenvalue weighted by Crippen LogP contribution is 2.32. The van der Waals surface area contributed by atoms with Crippen molar-refractivity contribution in [2.24, 2.45) is 0 Å². The molecule has 0 radical (unpaired) electrons. The van der Waals surface area contributed by atoms with Crippen molar-refractivity contribution in [1.82, 2.24) is 0 Å². The van der Waals surface area contributed by atoms with E-state index in [-0.39, 0.29) is 0 Å². The van der Waals surface area contributed by atoms with Gasteiger partial charge in [0.1, 0.15) is 17.2 Å². The van der Waals surface area contributed by atoms with Crippen LogP contribution in [0.1, 0.15) is 20.8 Å². The quantitative estimate of drug-likeness (QED) is 0.364. The van der Waals surface area contributed by atoms with Gasteiger partial charge in [-0.25, -0.2) is 0 Å². The van der Waals surface area contributed by atoms with Crippen LogP contribution < -0.4 is 28.2 Å². The van der Waals surface area contributed by atoms with Crippen LogP contribution in [0.5, 0.6) is 34.5 Å². The molecule has 3 aromatic rings. The summed E-state index contributed by atoms with van der Waals surface area (Å²) in [5.74, 6) is 3.28. The Morgan fingerprint density at radius 1 is 0.452 bits per heavy atom. The zero-order chi connectivity index (χ0) is 21.9. The molecule has 0 amide bonds. The van der Waals surface area contributed by atoms with Gasteiger partial charge in [0.2, 0.25) is 0 Å². The summed E-state index contributed by atoms with van der Waals surface area (Å²) in [6.07, 6.45) is 0. The minimum atomic E-state index is -1.12. The molecule has 0 unspecified atom stereocenters. The van der Waals surface area contributed by atoms with Crippen LogP contribution in [-0.4, -0.2) is 27.1 Å². The molecule has 0 aromatic heterocycles. The van der Waals surface area contributed by atoms with Crippen LogP contribution in [0.2, 0.25) is 0 Å². The third-order valence-electron chi connectivity index (χ3n) is 4.12. The summed E-state index contributed by atoms with van der Waals surface area (Å²) < 4.78 is 35.3. The molecule has 0 saturated carbocycles. The van der Waals surface area contributed by atoms with Crippen molar-refractivity contribution >= 4 is 7.32 Å². The highest BCUT2D eigenvalue weighted by molar-refractivity contribution is 6.39. The molecule has 0 spiro atoms. The molecule has 0 aliphatic carbocycles. The van der Waals surface area contributed by atoms with Gasteiger partial charge in [-0.15, -0.1) is 0 Å². The summed E-state index contributed by atoms with van der Waals surface area (Å²) in [5.41, 5.74) is 0. The van der Waals surface area contributed by atoms with Gasteiger partial charge in [0.05, 0.1) is 19.8 Å². The minimum absolute atomic E-state index is 0.497. The van der Waals surface area contributed by atoms with Crippen LogP contribution in [0.3, 0.4) is 0 Å². The third-order valence-corrected chi connectivity index (χ3v) is 4.12. The topological polar surface area (TPSA) is 55.4 Å². The zero-order valence-corrected chi connectivity index (χ0v) is 18.1. The molecule has 7 heteroatoms. The van der Waals surface area contributed by atoms with Crippen molar-refractivity contribution in [2.75, 3.05) is 19.8 Å². The van der Waals surface area contributed by atoms with Crippen molar-refractivity contribution in [2.45, 2.75) is 20.8 Å². The van der Waals surface area contributed by atoms with Gasteiger partial charge in [-0.2, -0.15) is 0 Å². The van der Waals surface area contributed by atoms with E-state index in [1.165, 1.54) is 0 Å². The molecule has 0 saturated heterocycles. The van der Waals surface area contributed by atoms with E-state index in [0.29, 0.717) is 54.3 Å². The summed E-state index contributed by atoms with van der Waals surface area (Å²) in [6, 6.07) is 22.1. The SMILES string of the molecule is CCOc1ccccc1OB(Oc1ccccc1OCC)Oc1ccccc1OCC. The van der Waals surface area contributed by atoms with Crippen LogP contribution in [0.4, 0.5) is 0 Å². The normalized spacial score (nSPS) is 10.2. The van der Waals surface area contributed by atoms with Gasteiger partial charge in [-0.05, 0) is 57.2 Å². The maximum Gasteiger partial charge on any atom is 0.864 e. The van der Waals surface area contributed by atoms with Gasteiger partial charge in [-0.3, -0.25) is 0 Å². The average molecular weight is 422 g/mol. The second-order valence-electron chi connectivity index (χ2n) is 6.28. The largest absolute Gasteiger partial charge is 0.864 e. The Balaban J connectivity index is 1.91. The number of benzene rings is 3. The lowest BCUT2D eigenvalue weighted by Gasteiger charge is -2.20. The zero-order valence-electron chi connectivity index (χ0n) is 18.1. The Kier molecular flexibility index (Phi) is 8.34. The Morgan fingerprint density at radius 2 is 0.710 bits per heavy atom. The van der Waals surface area contributed by atoms with Crippen molar-refractivity contribution in [1.29, 1.82) is 0 Å². The fourth-order valence-corrected chi connectivity index (χ4v) is 2.85. The first-order chi connectivity index (χ1) is 15.2. The number of ether oxygens (including phenoxy) is 3. The van der Waals surface area contributed by atoms with Gasteiger partial charge in [0, 0.05) is 0 Å². The molecule has 0 bridgehead atoms. The van der Waals surface area contributed by atoms with E-state index in [2.05, 4.69) is 0 Å². The van der Waals surface area contributed by atoms with Gasteiger partial charge >= 0.3 is 7.32 Å². The average Bonchev–Trinajstić information content (AvgIpc) is 2.78. The second kappa shape index (κ2) is 11.6. The summed E-state index contributed by atoms with van der Waals surface area (Å²) in [5, 5.41) is 0. The van der Waals surface area contributed by atoms with Gasteiger partial charge in [0.15, 0.2) is 17.2 Å². The Bertz CT molecular complexity index is 826. The first-order valence-electron chi connectivity index (χ1n) is 10.4. The van der Waals surface area contributed by atoms with Crippen LogP contribution in [0.25, 0.3) is 0 Å². The van der Waals surface area contributed by atoms with Crippen LogP contribution >= 0.6 is 0 Å². The molecule has 0 heterocycles. The maximum absolute atomic E-state index is 6.09. The van der Waals surface area contributed by atoms with Crippen LogP contribution in [0.15, 0.2) is 72.8 Å². The van der Waals surface area contributed by atoms with E-state index in [4.69, 9.17) is 28.2 Å². The van der Waals surface area contributed by atoms with Crippen LogP contribution in [-0.2, 0) is 0 Å². The second-order valence-corrected chi connectivity index (χ2v) is 6.28. The minimum Gasteiger partial charge on any atom is -0.490 e. The number of hydrogen-bond donors (Lipinski definition) is 0. The lowest BCUT2D eigenvalue weighted by molar-refractivity contribution is 0.265. The number of para-hydroxylation sites is 6. The van der Waals surface area contributed by atoms with E-state index in [1.54, 1.807) is 18.2 Å². The predicted octanol–water partition coefficient (Wildman–Crippen LogP) is 5.40. The highest BCUT2D eigenvalue weighted by atomic mass is 16.7. The molecular formula is C24H27BO6. The Labute approximate surface area is 183 Å². The standard InChI is InChI=1S/C24H27BO6/c1-4-26-19-13-7-10-16-22(19)29-25(30-23-17-11-8-14-20(23)27-5-2)31-24-18-12-9-15-21(24)28-6-3/h7-18H,4-6H2,1-3H3. The molecule has 0 atom stereocenters. The molecule has 3 rings (SSSR count). The van der Waals surface area contributed by atoms with Crippen LogP contribution in [0, 0.1) is 0 Å². The first kappa shape index (κ1) is 22.2. The number of hydrogen-bond acceptors (Lipinski definition) is 6. The molecule has 0 fully saturated rings. The summed E-state index contributed by atoms with van der Waals surface area (Å²) >= 11 is 0. The first-order valence-corrected chi connectivity index (χ1v) is 10.4. The summed E-state index contributed by atoms with van der Waals surface area (Å²) in [4.78, 5) is 0. The Hall–Kier alpha value is -3.48. The van der Waals surface area contributed by atoms with Gasteiger partial charge in [0.25, 0.3) is 0 Å². The van der Waals surface area contributed by atoms with E-state index in [1.807, 2.05) is 75.4 Å². The van der Waals surface area contributed by atoms with E-state index < -0.39 is 7.32 Å². The fraction of sp³-hybridized carbons (Fsp3) is 0.250. The summed E-state index contributed by atoms with van der Waals surface area (Å²) in [6.45, 7) is 7.26. The lowest BCUT2D eigenvalue weighted by atomic mass is 10.1. The van der Waals surface area contributed by atoms with E-state index in [9.17, 15) is 0 Å². The smallest absolute Gasteiger partial charge is 0.490 e. The highest BCUT2D eigenvalue weighted by Gasteiger charge is 2.33. The Morgan fingerprint density at radius 3 is 0.968 bits per heavy atom. The van der Waals surface area contributed by atoms with E-state index >= 15 is 0 Å².